The molecule has 0 aromatic rings. The fourth-order valence-electron chi connectivity index (χ4n) is 3.54. The molecule has 3 rings (SSSR count). The summed E-state index contributed by atoms with van der Waals surface area (Å²) in [6.07, 6.45) is -5.28. The van der Waals surface area contributed by atoms with Crippen molar-refractivity contribution in [3.05, 3.63) is 0 Å². The van der Waals surface area contributed by atoms with Crippen LogP contribution in [0.5, 0.6) is 0 Å². The van der Waals surface area contributed by atoms with Gasteiger partial charge in [0, 0.05) is 0 Å². The molecule has 170 valence electrons. The van der Waals surface area contributed by atoms with Crippen LogP contribution in [0.15, 0.2) is 0 Å². The molecule has 3 heterocycles. The molecule has 3 fully saturated rings. The van der Waals surface area contributed by atoms with Gasteiger partial charge < -0.3 is 0 Å². The topological polar surface area (TPSA) is 125 Å². The first-order chi connectivity index (χ1) is 13.9. The molecular formula is C17H31B2O10P. The van der Waals surface area contributed by atoms with Crippen LogP contribution in [0, 0.1) is 5.92 Å². The van der Waals surface area contributed by atoms with E-state index in [4.69, 9.17) is 48.2 Å². The Balaban J connectivity index is 1.63. The van der Waals surface area contributed by atoms with E-state index in [0.29, 0.717) is 6.61 Å². The Labute approximate surface area is 179 Å². The van der Waals surface area contributed by atoms with E-state index in [9.17, 15) is 14.9 Å². The summed E-state index contributed by atoms with van der Waals surface area (Å²) >= 11 is 0. The molecule has 3 aliphatic heterocycles. The minimum atomic E-state index is -5.47. The van der Waals surface area contributed by atoms with E-state index in [1.807, 2.05) is 27.7 Å². The van der Waals surface area contributed by atoms with Gasteiger partial charge in [0.2, 0.25) is 0 Å². The van der Waals surface area contributed by atoms with Gasteiger partial charge in [0.05, 0.1) is 0 Å². The van der Waals surface area contributed by atoms with Gasteiger partial charge in [-0.25, -0.2) is 0 Å². The number of aliphatic hydroxyl groups excluding tert-OH is 1. The van der Waals surface area contributed by atoms with Crippen LogP contribution < -0.4 is 0 Å². The van der Waals surface area contributed by atoms with Gasteiger partial charge >= 0.3 is 179 Å². The maximum absolute atomic E-state index is 10.7. The summed E-state index contributed by atoms with van der Waals surface area (Å²) in [4.78, 5) is 21.5. The van der Waals surface area contributed by atoms with Crippen LogP contribution in [0.3, 0.4) is 0 Å². The number of aliphatic hydroxyl groups is 1. The fourth-order valence-corrected chi connectivity index (χ4v) is 5.44. The van der Waals surface area contributed by atoms with Gasteiger partial charge in [0.25, 0.3) is 0 Å². The van der Waals surface area contributed by atoms with Crippen molar-refractivity contribution in [1.82, 2.24) is 0 Å². The van der Waals surface area contributed by atoms with Gasteiger partial charge in [-0.1, -0.05) is 0 Å². The molecule has 3 aliphatic rings. The van der Waals surface area contributed by atoms with Crippen LogP contribution in [0.4, 0.5) is 0 Å². The minimum absolute atomic E-state index is 0.0566. The quantitative estimate of drug-likeness (QED) is 0.315. The Hall–Kier alpha value is 0.160. The Morgan fingerprint density at radius 2 is 1.57 bits per heavy atom. The zero-order chi connectivity index (χ0) is 22.3. The van der Waals surface area contributed by atoms with Gasteiger partial charge in [-0.05, 0) is 0 Å². The van der Waals surface area contributed by atoms with Crippen LogP contribution in [0.25, 0.3) is 0 Å². The molecule has 0 amide bonds. The SMILES string of the molecule is [B][C@@H]1O[C@H](COP2(O)(O)OC3[C@@H](COC(C)C)O[C@@H]([B])[C@H]3O2)C(OCC(C)C)[C@@H]1O. The Kier molecular flexibility index (Phi) is 7.60. The fraction of sp³-hybridized carbons (Fsp3) is 1.00. The van der Waals surface area contributed by atoms with E-state index >= 15 is 0 Å². The normalized spacial score (nSPS) is 43.7. The molecule has 0 aromatic carbocycles. The number of ether oxygens (including phenoxy) is 4. The molecule has 8 atom stereocenters. The predicted octanol–water partition coefficient (Wildman–Crippen LogP) is -0.486. The maximum atomic E-state index is 10.7. The second kappa shape index (κ2) is 9.19. The van der Waals surface area contributed by atoms with Crippen molar-refractivity contribution >= 4 is 23.4 Å². The molecule has 0 aliphatic carbocycles. The van der Waals surface area contributed by atoms with Crippen molar-refractivity contribution in [2.75, 3.05) is 19.8 Å². The molecule has 4 radical (unpaired) electrons. The van der Waals surface area contributed by atoms with E-state index in [1.54, 1.807) is 0 Å². The molecule has 3 N–H and O–H groups in total. The van der Waals surface area contributed by atoms with Crippen molar-refractivity contribution < 1.29 is 47.4 Å². The first-order valence-corrected chi connectivity index (χ1v) is 12.1. The van der Waals surface area contributed by atoms with E-state index in [-0.39, 0.29) is 25.2 Å². The van der Waals surface area contributed by atoms with Crippen LogP contribution in [-0.4, -0.2) is 105 Å². The molecule has 13 heteroatoms. The van der Waals surface area contributed by atoms with Crippen molar-refractivity contribution in [2.24, 2.45) is 5.92 Å². The first-order valence-electron chi connectivity index (χ1n) is 10.2. The van der Waals surface area contributed by atoms with E-state index < -0.39 is 56.4 Å². The Bertz CT molecular complexity index is 597. The van der Waals surface area contributed by atoms with Gasteiger partial charge in [-0.15, -0.1) is 0 Å². The molecule has 0 bridgehead atoms. The molecule has 2 unspecified atom stereocenters. The third kappa shape index (κ3) is 5.55. The zero-order valence-electron chi connectivity index (χ0n) is 17.7. The number of fused-ring (bicyclic) bond motifs is 1. The van der Waals surface area contributed by atoms with Gasteiger partial charge in [-0.2, -0.15) is 0 Å². The Morgan fingerprint density at radius 1 is 0.933 bits per heavy atom. The summed E-state index contributed by atoms with van der Waals surface area (Å²) < 4.78 is 38.3. The van der Waals surface area contributed by atoms with E-state index in [2.05, 4.69) is 0 Å². The van der Waals surface area contributed by atoms with Crippen molar-refractivity contribution in [2.45, 2.75) is 82.4 Å². The molecule has 30 heavy (non-hydrogen) atoms. The Morgan fingerprint density at radius 3 is 2.20 bits per heavy atom. The average Bonchev–Trinajstić information content (AvgIpc) is 3.19. The van der Waals surface area contributed by atoms with Gasteiger partial charge in [-0.3, -0.25) is 0 Å². The van der Waals surface area contributed by atoms with Crippen LogP contribution in [0.2, 0.25) is 0 Å². The molecule has 0 saturated carbocycles. The predicted molar refractivity (Wildman–Crippen MR) is 108 cm³/mol. The number of hydrogen-bond donors (Lipinski definition) is 3. The summed E-state index contributed by atoms with van der Waals surface area (Å²) in [6.45, 7) is 7.74. The van der Waals surface area contributed by atoms with E-state index in [0.717, 1.165) is 0 Å². The van der Waals surface area contributed by atoms with Crippen LogP contribution in [0.1, 0.15) is 27.7 Å². The second-order valence-electron chi connectivity index (χ2n) is 8.58. The zero-order valence-corrected chi connectivity index (χ0v) is 18.6. The van der Waals surface area contributed by atoms with E-state index in [1.165, 1.54) is 0 Å². The third-order valence-corrected chi connectivity index (χ3v) is 6.80. The van der Waals surface area contributed by atoms with Crippen molar-refractivity contribution in [3.63, 3.8) is 0 Å². The summed E-state index contributed by atoms with van der Waals surface area (Å²) in [5.74, 6) is 0.213. The standard InChI is InChI=1S/C17H31B2O10P/c1-8(2)5-24-13-11(26-16(18)12(13)20)7-25-30(21,22)28-14-10(6-23-9(3)4)27-17(19)15(14)29-30/h8-17,20-22H,5-7H2,1-4H3/t10-,11-,12+,13?,14?,15+,16-,17-/m1/s1. The van der Waals surface area contributed by atoms with Crippen molar-refractivity contribution in [1.29, 1.82) is 0 Å². The molecular weight excluding hydrogens is 417 g/mol. The van der Waals surface area contributed by atoms with Gasteiger partial charge in [0.15, 0.2) is 0 Å². The first kappa shape index (κ1) is 24.8. The van der Waals surface area contributed by atoms with Crippen LogP contribution >= 0.6 is 7.74 Å². The monoisotopic (exact) mass is 448 g/mol. The summed E-state index contributed by atoms with van der Waals surface area (Å²) in [5.41, 5.74) is 0. The van der Waals surface area contributed by atoms with Crippen LogP contribution in [-0.2, 0) is 32.5 Å². The molecule has 3 saturated heterocycles. The number of rotatable bonds is 9. The molecule has 0 aromatic heterocycles. The summed E-state index contributed by atoms with van der Waals surface area (Å²) in [7, 11) is 6.19. The van der Waals surface area contributed by atoms with Crippen molar-refractivity contribution in [3.8, 4) is 0 Å². The summed E-state index contributed by atoms with van der Waals surface area (Å²) in [5, 5.41) is 10.2. The average molecular weight is 448 g/mol. The second-order valence-corrected chi connectivity index (χ2v) is 10.9. The van der Waals surface area contributed by atoms with Gasteiger partial charge in [0.1, 0.15) is 0 Å². The summed E-state index contributed by atoms with van der Waals surface area (Å²) in [6, 6.07) is -1.94. The molecule has 10 nitrogen and oxygen atoms in total. The molecule has 0 spiro atoms. The number of hydrogen-bond acceptors (Lipinski definition) is 10. The third-order valence-electron chi connectivity index (χ3n) is 5.00.